The Hall–Kier alpha value is -2.31. The van der Waals surface area contributed by atoms with Crippen molar-refractivity contribution in [2.45, 2.75) is 19.4 Å². The molecule has 0 spiro atoms. The highest BCUT2D eigenvalue weighted by atomic mass is 16.4. The molecule has 1 unspecified atom stereocenters. The van der Waals surface area contributed by atoms with Crippen LogP contribution >= 0.6 is 0 Å². The zero-order valence-corrected chi connectivity index (χ0v) is 12.0. The molecule has 1 aromatic heterocycles. The van der Waals surface area contributed by atoms with Gasteiger partial charge in [0.1, 0.15) is 11.9 Å². The van der Waals surface area contributed by atoms with Gasteiger partial charge in [-0.2, -0.15) is 0 Å². The Morgan fingerprint density at radius 1 is 1.33 bits per heavy atom. The van der Waals surface area contributed by atoms with Crippen molar-refractivity contribution in [3.05, 3.63) is 24.4 Å². The predicted molar refractivity (Wildman–Crippen MR) is 78.3 cm³/mol. The van der Waals surface area contributed by atoms with Crippen LogP contribution in [-0.2, 0) is 4.79 Å². The van der Waals surface area contributed by atoms with Crippen molar-refractivity contribution in [2.24, 2.45) is 0 Å². The highest BCUT2D eigenvalue weighted by Gasteiger charge is 2.25. The first-order valence-electron chi connectivity index (χ1n) is 7.06. The van der Waals surface area contributed by atoms with Crippen molar-refractivity contribution in [3.63, 3.8) is 0 Å². The van der Waals surface area contributed by atoms with E-state index in [9.17, 15) is 9.59 Å². The van der Waals surface area contributed by atoms with E-state index in [1.165, 1.54) is 0 Å². The van der Waals surface area contributed by atoms with Crippen LogP contribution in [0.15, 0.2) is 24.4 Å². The van der Waals surface area contributed by atoms with Crippen molar-refractivity contribution < 1.29 is 14.7 Å². The monoisotopic (exact) mass is 292 g/mol. The topological polar surface area (TPSA) is 85.8 Å². The highest BCUT2D eigenvalue weighted by molar-refractivity contribution is 5.82. The number of carboxylic acid groups (broad SMARTS) is 1. The first-order chi connectivity index (χ1) is 10.1. The fraction of sp³-hybridized carbons (Fsp3) is 0.500. The molecule has 1 saturated heterocycles. The average Bonchev–Trinajstić information content (AvgIpc) is 2.53. The molecule has 0 aromatic carbocycles. The van der Waals surface area contributed by atoms with Gasteiger partial charge in [0, 0.05) is 32.4 Å². The maximum Gasteiger partial charge on any atom is 0.326 e. The summed E-state index contributed by atoms with van der Waals surface area (Å²) in [6, 6.07) is 4.59. The Morgan fingerprint density at radius 3 is 2.57 bits per heavy atom. The van der Waals surface area contributed by atoms with Crippen molar-refractivity contribution in [2.75, 3.05) is 31.1 Å². The van der Waals surface area contributed by atoms with Gasteiger partial charge in [-0.15, -0.1) is 0 Å². The van der Waals surface area contributed by atoms with Gasteiger partial charge in [0.15, 0.2) is 0 Å². The molecule has 7 heteroatoms. The van der Waals surface area contributed by atoms with E-state index in [2.05, 4.69) is 15.2 Å². The van der Waals surface area contributed by atoms with E-state index in [1.54, 1.807) is 18.0 Å². The number of piperazine rings is 1. The van der Waals surface area contributed by atoms with Crippen LogP contribution in [0, 0.1) is 0 Å². The summed E-state index contributed by atoms with van der Waals surface area (Å²) >= 11 is 0. The van der Waals surface area contributed by atoms with Crippen LogP contribution in [0.5, 0.6) is 0 Å². The van der Waals surface area contributed by atoms with Crippen LogP contribution < -0.4 is 10.2 Å². The van der Waals surface area contributed by atoms with Gasteiger partial charge < -0.3 is 20.2 Å². The first kappa shape index (κ1) is 15.1. The number of rotatable bonds is 4. The van der Waals surface area contributed by atoms with Gasteiger partial charge in [-0.25, -0.2) is 14.6 Å². The van der Waals surface area contributed by atoms with Gasteiger partial charge >= 0.3 is 12.0 Å². The minimum atomic E-state index is -1.00. The summed E-state index contributed by atoms with van der Waals surface area (Å²) in [5.41, 5.74) is 0. The highest BCUT2D eigenvalue weighted by Crippen LogP contribution is 2.12. The lowest BCUT2D eigenvalue weighted by Gasteiger charge is -2.35. The van der Waals surface area contributed by atoms with Crippen LogP contribution in [0.4, 0.5) is 10.6 Å². The number of anilines is 1. The fourth-order valence-corrected chi connectivity index (χ4v) is 2.26. The number of carbonyl (C=O) groups is 2. The molecule has 0 saturated carbocycles. The van der Waals surface area contributed by atoms with Gasteiger partial charge in [-0.3, -0.25) is 0 Å². The van der Waals surface area contributed by atoms with Crippen LogP contribution in [-0.4, -0.2) is 59.2 Å². The van der Waals surface area contributed by atoms with Crippen molar-refractivity contribution in [3.8, 4) is 0 Å². The number of hydrogen-bond acceptors (Lipinski definition) is 4. The lowest BCUT2D eigenvalue weighted by molar-refractivity contribution is -0.139. The van der Waals surface area contributed by atoms with E-state index in [1.807, 2.05) is 18.2 Å². The molecule has 1 aliphatic heterocycles. The molecule has 21 heavy (non-hydrogen) atoms. The molecule has 2 heterocycles. The van der Waals surface area contributed by atoms with Crippen molar-refractivity contribution >= 4 is 17.8 Å². The Labute approximate surface area is 123 Å². The second kappa shape index (κ2) is 6.92. The summed E-state index contributed by atoms with van der Waals surface area (Å²) in [5, 5.41) is 11.5. The maximum atomic E-state index is 12.0. The number of nitrogens with zero attached hydrogens (tertiary/aromatic N) is 3. The fourth-order valence-electron chi connectivity index (χ4n) is 2.26. The number of carboxylic acids is 1. The number of carbonyl (C=O) groups excluding carboxylic acids is 1. The predicted octanol–water partition coefficient (Wildman–Crippen LogP) is 0.776. The number of amides is 2. The molecule has 0 bridgehead atoms. The first-order valence-corrected chi connectivity index (χ1v) is 7.06. The molecule has 2 rings (SSSR count). The lowest BCUT2D eigenvalue weighted by atomic mass is 10.2. The van der Waals surface area contributed by atoms with Crippen LogP contribution in [0.1, 0.15) is 13.3 Å². The van der Waals surface area contributed by atoms with E-state index in [4.69, 9.17) is 5.11 Å². The lowest BCUT2D eigenvalue weighted by Crippen LogP contribution is -2.54. The van der Waals surface area contributed by atoms with Gasteiger partial charge in [0.2, 0.25) is 0 Å². The second-order valence-electron chi connectivity index (χ2n) is 4.91. The zero-order chi connectivity index (χ0) is 15.2. The second-order valence-corrected chi connectivity index (χ2v) is 4.91. The third-order valence-electron chi connectivity index (χ3n) is 3.54. The number of hydrogen-bond donors (Lipinski definition) is 2. The van der Waals surface area contributed by atoms with Gasteiger partial charge in [-0.05, 0) is 18.6 Å². The Morgan fingerprint density at radius 2 is 2.05 bits per heavy atom. The molecule has 0 radical (unpaired) electrons. The number of nitrogens with one attached hydrogen (secondary N) is 1. The van der Waals surface area contributed by atoms with Crippen LogP contribution in [0.3, 0.4) is 0 Å². The molecule has 0 aliphatic carbocycles. The molecule has 2 N–H and O–H groups in total. The maximum absolute atomic E-state index is 12.0. The SMILES string of the molecule is CCC(NC(=O)N1CCN(c2ccccn2)CC1)C(=O)O. The van der Waals surface area contributed by atoms with E-state index in [0.717, 1.165) is 5.82 Å². The smallest absolute Gasteiger partial charge is 0.326 e. The quantitative estimate of drug-likeness (QED) is 0.856. The van der Waals surface area contributed by atoms with E-state index in [0.29, 0.717) is 32.6 Å². The average molecular weight is 292 g/mol. The normalized spacial score (nSPS) is 16.4. The molecule has 1 aliphatic rings. The van der Waals surface area contributed by atoms with E-state index in [-0.39, 0.29) is 6.03 Å². The summed E-state index contributed by atoms with van der Waals surface area (Å²) in [5.74, 6) is -0.104. The molecule has 7 nitrogen and oxygen atoms in total. The third kappa shape index (κ3) is 3.84. The van der Waals surface area contributed by atoms with Crippen molar-refractivity contribution in [1.82, 2.24) is 15.2 Å². The minimum Gasteiger partial charge on any atom is -0.480 e. The molecular weight excluding hydrogens is 272 g/mol. The van der Waals surface area contributed by atoms with Crippen LogP contribution in [0.2, 0.25) is 0 Å². The standard InChI is InChI=1S/C14H20N4O3/c1-2-11(13(19)20)16-14(21)18-9-7-17(8-10-18)12-5-3-4-6-15-12/h3-6,11H,2,7-10H2,1H3,(H,16,21)(H,19,20). The summed E-state index contributed by atoms with van der Waals surface area (Å²) in [6.07, 6.45) is 2.11. The van der Waals surface area contributed by atoms with Gasteiger partial charge in [0.25, 0.3) is 0 Å². The largest absolute Gasteiger partial charge is 0.480 e. The van der Waals surface area contributed by atoms with Gasteiger partial charge in [-0.1, -0.05) is 13.0 Å². The van der Waals surface area contributed by atoms with E-state index < -0.39 is 12.0 Å². The molecular formula is C14H20N4O3. The summed E-state index contributed by atoms with van der Waals surface area (Å²) in [6.45, 7) is 4.22. The van der Waals surface area contributed by atoms with Crippen molar-refractivity contribution in [1.29, 1.82) is 0 Å². The summed E-state index contributed by atoms with van der Waals surface area (Å²) in [7, 11) is 0. The summed E-state index contributed by atoms with van der Waals surface area (Å²) in [4.78, 5) is 31.0. The van der Waals surface area contributed by atoms with Crippen LogP contribution in [0.25, 0.3) is 0 Å². The molecule has 114 valence electrons. The van der Waals surface area contributed by atoms with E-state index >= 15 is 0 Å². The minimum absolute atomic E-state index is 0.315. The number of aromatic nitrogens is 1. The zero-order valence-electron chi connectivity index (χ0n) is 12.0. The number of urea groups is 1. The molecule has 1 fully saturated rings. The molecule has 2 amide bonds. The van der Waals surface area contributed by atoms with Gasteiger partial charge in [0.05, 0.1) is 0 Å². The molecule has 1 atom stereocenters. The Balaban J connectivity index is 1.86. The number of aliphatic carboxylic acids is 1. The summed E-state index contributed by atoms with van der Waals surface area (Å²) < 4.78 is 0. The third-order valence-corrected chi connectivity index (χ3v) is 3.54. The number of pyridine rings is 1. The molecule has 1 aromatic rings. The Kier molecular flexibility index (Phi) is 4.97. The Bertz CT molecular complexity index is 486.